The zero-order valence-corrected chi connectivity index (χ0v) is 51.5. The number of amides is 1. The first-order valence-electron chi connectivity index (χ1n) is 34.6. The second-order valence-corrected chi connectivity index (χ2v) is 23.9. The summed E-state index contributed by atoms with van der Waals surface area (Å²) in [5.41, 5.74) is 0. The molecule has 0 saturated heterocycles. The SMILES string of the molecule is CCCCCCCCCCCCCCCCCCCCCCCCCCCC(O)C(CO)NC(=O)CCCCCCCCC/C=C\C/C=C\CCCCCCCCCCCOC(=O)CCCCCCCCCCCCC. The summed E-state index contributed by atoms with van der Waals surface area (Å²) in [6.07, 6.45) is 82.2. The van der Waals surface area contributed by atoms with Crippen LogP contribution in [0.4, 0.5) is 0 Å². The third-order valence-electron chi connectivity index (χ3n) is 16.3. The number of hydrogen-bond acceptors (Lipinski definition) is 5. The molecule has 0 aromatic heterocycles. The van der Waals surface area contributed by atoms with Gasteiger partial charge in [-0.3, -0.25) is 9.59 Å². The van der Waals surface area contributed by atoms with Crippen molar-refractivity contribution < 1.29 is 24.5 Å². The van der Waals surface area contributed by atoms with Crippen LogP contribution in [0, 0.1) is 0 Å². The van der Waals surface area contributed by atoms with E-state index < -0.39 is 12.1 Å². The molecule has 0 aliphatic rings. The van der Waals surface area contributed by atoms with Gasteiger partial charge in [0.15, 0.2) is 0 Å². The Morgan fingerprint density at radius 2 is 0.658 bits per heavy atom. The Balaban J connectivity index is 3.44. The number of carbonyl (C=O) groups is 2. The summed E-state index contributed by atoms with van der Waals surface area (Å²) >= 11 is 0. The molecule has 450 valence electrons. The van der Waals surface area contributed by atoms with E-state index in [1.54, 1.807) is 0 Å². The van der Waals surface area contributed by atoms with E-state index in [2.05, 4.69) is 43.5 Å². The Kier molecular flexibility index (Phi) is 64.4. The van der Waals surface area contributed by atoms with E-state index in [1.165, 1.54) is 308 Å². The monoisotopic (exact) mass is 1070 g/mol. The van der Waals surface area contributed by atoms with Gasteiger partial charge in [-0.25, -0.2) is 0 Å². The van der Waals surface area contributed by atoms with E-state index in [-0.39, 0.29) is 18.5 Å². The van der Waals surface area contributed by atoms with Crippen LogP contribution in [0.1, 0.15) is 386 Å². The standard InChI is InChI=1S/C70H135NO5/c1-3-5-7-9-11-13-15-16-17-18-19-20-21-22-24-27-30-33-36-39-43-46-50-54-58-62-68(73)67(66-72)71-69(74)63-59-55-51-47-44-40-37-34-31-28-25-23-26-29-32-35-38-41-45-49-53-57-61-65-76-70(75)64-60-56-52-48-42-14-12-10-8-6-4-2/h23,26,28,31,67-68,72-73H,3-22,24-25,27,29-30,32-66H2,1-2H3,(H,71,74)/b26-23-,31-28-. The first kappa shape index (κ1) is 74.3. The predicted octanol–water partition coefficient (Wildman–Crippen LogP) is 22.1. The largest absolute Gasteiger partial charge is 0.466 e. The minimum Gasteiger partial charge on any atom is -0.466 e. The molecule has 3 N–H and O–H groups in total. The molecule has 6 heteroatoms. The van der Waals surface area contributed by atoms with E-state index in [4.69, 9.17) is 4.74 Å². The molecule has 0 spiro atoms. The number of rotatable bonds is 65. The topological polar surface area (TPSA) is 95.9 Å². The summed E-state index contributed by atoms with van der Waals surface area (Å²) < 4.78 is 5.47. The van der Waals surface area contributed by atoms with E-state index >= 15 is 0 Å². The van der Waals surface area contributed by atoms with Gasteiger partial charge in [0.05, 0.1) is 25.4 Å². The second kappa shape index (κ2) is 65.9. The molecule has 6 nitrogen and oxygen atoms in total. The van der Waals surface area contributed by atoms with Gasteiger partial charge < -0.3 is 20.3 Å². The minimum absolute atomic E-state index is 0.00755. The molecule has 0 heterocycles. The lowest BCUT2D eigenvalue weighted by Crippen LogP contribution is -2.45. The van der Waals surface area contributed by atoms with Crippen LogP contribution in [0.25, 0.3) is 0 Å². The predicted molar refractivity (Wildman–Crippen MR) is 333 cm³/mol. The van der Waals surface area contributed by atoms with Crippen LogP contribution in [-0.2, 0) is 14.3 Å². The summed E-state index contributed by atoms with van der Waals surface area (Å²) in [5.74, 6) is -0.0333. The zero-order chi connectivity index (χ0) is 55.0. The van der Waals surface area contributed by atoms with Crippen molar-refractivity contribution in [1.29, 1.82) is 0 Å². The third kappa shape index (κ3) is 61.6. The van der Waals surface area contributed by atoms with Crippen LogP contribution in [0.15, 0.2) is 24.3 Å². The molecule has 2 atom stereocenters. The molecule has 0 aliphatic carbocycles. The van der Waals surface area contributed by atoms with E-state index in [9.17, 15) is 19.8 Å². The van der Waals surface area contributed by atoms with Crippen molar-refractivity contribution in [3.63, 3.8) is 0 Å². The van der Waals surface area contributed by atoms with E-state index in [0.29, 0.717) is 25.9 Å². The molecule has 0 bridgehead atoms. The van der Waals surface area contributed by atoms with Gasteiger partial charge in [-0.05, 0) is 57.8 Å². The fourth-order valence-electron chi connectivity index (χ4n) is 11.0. The lowest BCUT2D eigenvalue weighted by atomic mass is 10.0. The van der Waals surface area contributed by atoms with Crippen LogP contribution < -0.4 is 5.32 Å². The Morgan fingerprint density at radius 1 is 0.368 bits per heavy atom. The Bertz CT molecular complexity index is 1190. The molecule has 0 aliphatic heterocycles. The quantitative estimate of drug-likeness (QED) is 0.0320. The van der Waals surface area contributed by atoms with Crippen LogP contribution in [0.3, 0.4) is 0 Å². The molecular weight excluding hydrogens is 935 g/mol. The first-order valence-corrected chi connectivity index (χ1v) is 34.6. The molecule has 1 amide bonds. The van der Waals surface area contributed by atoms with Crippen molar-refractivity contribution in [2.24, 2.45) is 0 Å². The number of allylic oxidation sites excluding steroid dienone is 4. The highest BCUT2D eigenvalue weighted by atomic mass is 16.5. The smallest absolute Gasteiger partial charge is 0.305 e. The van der Waals surface area contributed by atoms with Crippen molar-refractivity contribution in [2.45, 2.75) is 398 Å². The number of aliphatic hydroxyl groups excluding tert-OH is 2. The number of ether oxygens (including phenoxy) is 1. The van der Waals surface area contributed by atoms with Crippen molar-refractivity contribution >= 4 is 11.9 Å². The number of aliphatic hydroxyl groups is 2. The summed E-state index contributed by atoms with van der Waals surface area (Å²) in [6, 6.07) is -0.550. The number of nitrogens with one attached hydrogen (secondary N) is 1. The minimum atomic E-state index is -0.672. The maximum Gasteiger partial charge on any atom is 0.305 e. The molecule has 2 unspecified atom stereocenters. The maximum atomic E-state index is 12.5. The van der Waals surface area contributed by atoms with Crippen molar-refractivity contribution in [3.05, 3.63) is 24.3 Å². The Labute approximate surface area is 475 Å². The molecular formula is C70H135NO5. The van der Waals surface area contributed by atoms with Gasteiger partial charge in [0.25, 0.3) is 0 Å². The molecule has 0 aromatic rings. The fraction of sp³-hybridized carbons (Fsp3) is 0.914. The van der Waals surface area contributed by atoms with E-state index in [0.717, 1.165) is 44.9 Å². The van der Waals surface area contributed by atoms with Gasteiger partial charge in [0.2, 0.25) is 5.91 Å². The van der Waals surface area contributed by atoms with Gasteiger partial charge in [-0.1, -0.05) is 340 Å². The first-order chi connectivity index (χ1) is 37.5. The number of carbonyl (C=O) groups excluding carboxylic acids is 2. The van der Waals surface area contributed by atoms with Crippen LogP contribution in [0.2, 0.25) is 0 Å². The van der Waals surface area contributed by atoms with Crippen LogP contribution >= 0.6 is 0 Å². The summed E-state index contributed by atoms with van der Waals surface area (Å²) in [4.78, 5) is 24.6. The average molecular weight is 1070 g/mol. The molecule has 76 heavy (non-hydrogen) atoms. The Hall–Kier alpha value is -1.66. The normalized spacial score (nSPS) is 12.6. The molecule has 0 radical (unpaired) electrons. The highest BCUT2D eigenvalue weighted by Crippen LogP contribution is 2.19. The lowest BCUT2D eigenvalue weighted by molar-refractivity contribution is -0.143. The molecule has 0 saturated carbocycles. The van der Waals surface area contributed by atoms with Crippen LogP contribution in [-0.4, -0.2) is 47.4 Å². The molecule has 0 rings (SSSR count). The summed E-state index contributed by atoms with van der Waals surface area (Å²) in [5, 5.41) is 23.4. The van der Waals surface area contributed by atoms with Gasteiger partial charge in [-0.15, -0.1) is 0 Å². The fourth-order valence-corrected chi connectivity index (χ4v) is 11.0. The highest BCUT2D eigenvalue weighted by Gasteiger charge is 2.20. The van der Waals surface area contributed by atoms with E-state index in [1.807, 2.05) is 0 Å². The number of unbranched alkanes of at least 4 members (excludes halogenated alkanes) is 50. The maximum absolute atomic E-state index is 12.5. The van der Waals surface area contributed by atoms with Crippen molar-refractivity contribution in [3.8, 4) is 0 Å². The highest BCUT2D eigenvalue weighted by molar-refractivity contribution is 5.76. The molecule has 0 aromatic carbocycles. The number of hydrogen-bond donors (Lipinski definition) is 3. The van der Waals surface area contributed by atoms with Crippen molar-refractivity contribution in [2.75, 3.05) is 13.2 Å². The third-order valence-corrected chi connectivity index (χ3v) is 16.3. The lowest BCUT2D eigenvalue weighted by Gasteiger charge is -2.22. The van der Waals surface area contributed by atoms with Gasteiger partial charge in [0, 0.05) is 12.8 Å². The summed E-state index contributed by atoms with van der Waals surface area (Å²) in [7, 11) is 0. The number of esters is 1. The summed E-state index contributed by atoms with van der Waals surface area (Å²) in [6.45, 7) is 4.97. The zero-order valence-electron chi connectivity index (χ0n) is 51.5. The Morgan fingerprint density at radius 3 is 1.00 bits per heavy atom. The van der Waals surface area contributed by atoms with Crippen LogP contribution in [0.5, 0.6) is 0 Å². The molecule has 0 fully saturated rings. The average Bonchev–Trinajstić information content (AvgIpc) is 3.42. The van der Waals surface area contributed by atoms with Gasteiger partial charge >= 0.3 is 5.97 Å². The van der Waals surface area contributed by atoms with Gasteiger partial charge in [-0.2, -0.15) is 0 Å². The van der Waals surface area contributed by atoms with Crippen molar-refractivity contribution in [1.82, 2.24) is 5.32 Å². The van der Waals surface area contributed by atoms with Gasteiger partial charge in [0.1, 0.15) is 0 Å². The second-order valence-electron chi connectivity index (χ2n) is 23.9.